The summed E-state index contributed by atoms with van der Waals surface area (Å²) in [7, 11) is 0. The lowest BCUT2D eigenvalue weighted by molar-refractivity contribution is 0.297. The SMILES string of the molecule is CC(C)(C)NC(N)=NCc1ccccc1OCC1CC1. The molecule has 0 spiro atoms. The number of nitrogens with zero attached hydrogens (tertiary/aromatic N) is 1. The van der Waals surface area contributed by atoms with Gasteiger partial charge in [-0.05, 0) is 45.6 Å². The lowest BCUT2D eigenvalue weighted by Gasteiger charge is -2.21. The maximum atomic E-state index is 5.89. The molecule has 1 saturated carbocycles. The number of nitrogens with one attached hydrogen (secondary N) is 1. The minimum Gasteiger partial charge on any atom is -0.493 e. The number of aliphatic imine (C=N–C) groups is 1. The van der Waals surface area contributed by atoms with Crippen LogP contribution >= 0.6 is 0 Å². The van der Waals surface area contributed by atoms with Crippen LogP contribution in [0.2, 0.25) is 0 Å². The summed E-state index contributed by atoms with van der Waals surface area (Å²) in [6.45, 7) is 7.53. The molecule has 1 aliphatic rings. The van der Waals surface area contributed by atoms with Crippen molar-refractivity contribution >= 4 is 5.96 Å². The van der Waals surface area contributed by atoms with Gasteiger partial charge in [-0.15, -0.1) is 0 Å². The predicted octanol–water partition coefficient (Wildman–Crippen LogP) is 2.68. The third-order valence-electron chi connectivity index (χ3n) is 3.07. The van der Waals surface area contributed by atoms with E-state index in [1.165, 1.54) is 12.8 Å². The molecule has 3 N–H and O–H groups in total. The lowest BCUT2D eigenvalue weighted by atomic mass is 10.1. The summed E-state index contributed by atoms with van der Waals surface area (Å²) < 4.78 is 5.86. The minimum absolute atomic E-state index is 0.0738. The molecule has 0 bridgehead atoms. The molecule has 1 aromatic rings. The Balaban J connectivity index is 1.95. The second kappa shape index (κ2) is 6.16. The van der Waals surface area contributed by atoms with E-state index < -0.39 is 0 Å². The van der Waals surface area contributed by atoms with E-state index in [1.54, 1.807) is 0 Å². The first kappa shape index (κ1) is 14.7. The number of benzene rings is 1. The molecular formula is C16H25N3O. The molecule has 20 heavy (non-hydrogen) atoms. The number of ether oxygens (including phenoxy) is 1. The van der Waals surface area contributed by atoms with Gasteiger partial charge < -0.3 is 15.8 Å². The Morgan fingerprint density at radius 1 is 1.35 bits per heavy atom. The van der Waals surface area contributed by atoms with Crippen LogP contribution in [0.25, 0.3) is 0 Å². The molecule has 0 heterocycles. The van der Waals surface area contributed by atoms with Crippen molar-refractivity contribution in [3.8, 4) is 5.75 Å². The van der Waals surface area contributed by atoms with Crippen LogP contribution in [0.5, 0.6) is 5.75 Å². The van der Waals surface area contributed by atoms with Crippen LogP contribution in [0.3, 0.4) is 0 Å². The van der Waals surface area contributed by atoms with Gasteiger partial charge in [-0.3, -0.25) is 0 Å². The first-order valence-electron chi connectivity index (χ1n) is 7.23. The molecule has 0 atom stereocenters. The van der Waals surface area contributed by atoms with Gasteiger partial charge in [-0.25, -0.2) is 4.99 Å². The summed E-state index contributed by atoms with van der Waals surface area (Å²) in [6, 6.07) is 8.03. The van der Waals surface area contributed by atoms with Gasteiger partial charge in [0, 0.05) is 11.1 Å². The fourth-order valence-corrected chi connectivity index (χ4v) is 1.86. The predicted molar refractivity (Wildman–Crippen MR) is 82.9 cm³/mol. The summed E-state index contributed by atoms with van der Waals surface area (Å²) in [5.74, 6) is 2.14. The Labute approximate surface area is 121 Å². The van der Waals surface area contributed by atoms with Gasteiger partial charge in [0.2, 0.25) is 0 Å². The Morgan fingerprint density at radius 3 is 2.70 bits per heavy atom. The first-order chi connectivity index (χ1) is 9.44. The van der Waals surface area contributed by atoms with Gasteiger partial charge in [0.25, 0.3) is 0 Å². The summed E-state index contributed by atoms with van der Waals surface area (Å²) in [5.41, 5.74) is 6.89. The summed E-state index contributed by atoms with van der Waals surface area (Å²) in [5, 5.41) is 3.16. The third kappa shape index (κ3) is 5.11. The minimum atomic E-state index is -0.0738. The largest absolute Gasteiger partial charge is 0.493 e. The van der Waals surface area contributed by atoms with Gasteiger partial charge in [0.05, 0.1) is 13.2 Å². The highest BCUT2D eigenvalue weighted by molar-refractivity contribution is 5.78. The van der Waals surface area contributed by atoms with E-state index in [-0.39, 0.29) is 5.54 Å². The van der Waals surface area contributed by atoms with E-state index in [0.29, 0.717) is 12.5 Å². The van der Waals surface area contributed by atoms with Crippen LogP contribution in [0.15, 0.2) is 29.3 Å². The average Bonchev–Trinajstić information content (AvgIpc) is 3.17. The molecule has 2 rings (SSSR count). The second-order valence-electron chi connectivity index (χ2n) is 6.44. The highest BCUT2D eigenvalue weighted by Crippen LogP contribution is 2.30. The van der Waals surface area contributed by atoms with Crippen LogP contribution in [-0.4, -0.2) is 18.1 Å². The Morgan fingerprint density at radius 2 is 2.05 bits per heavy atom. The van der Waals surface area contributed by atoms with Crippen molar-refractivity contribution in [2.75, 3.05) is 6.61 Å². The molecule has 0 amide bonds. The molecule has 4 heteroatoms. The average molecular weight is 275 g/mol. The van der Waals surface area contributed by atoms with E-state index in [9.17, 15) is 0 Å². The maximum Gasteiger partial charge on any atom is 0.189 e. The number of hydrogen-bond donors (Lipinski definition) is 2. The lowest BCUT2D eigenvalue weighted by Crippen LogP contribution is -2.44. The smallest absolute Gasteiger partial charge is 0.189 e. The summed E-state index contributed by atoms with van der Waals surface area (Å²) in [4.78, 5) is 4.39. The molecule has 110 valence electrons. The van der Waals surface area contributed by atoms with Crippen molar-refractivity contribution in [1.82, 2.24) is 5.32 Å². The topological polar surface area (TPSA) is 59.6 Å². The molecule has 0 saturated heterocycles. The second-order valence-corrected chi connectivity index (χ2v) is 6.44. The van der Waals surface area contributed by atoms with E-state index in [2.05, 4.69) is 31.1 Å². The molecule has 1 fully saturated rings. The number of guanidine groups is 1. The number of rotatable bonds is 5. The Hall–Kier alpha value is -1.71. The van der Waals surface area contributed by atoms with Crippen molar-refractivity contribution in [1.29, 1.82) is 0 Å². The third-order valence-corrected chi connectivity index (χ3v) is 3.07. The number of para-hydroxylation sites is 1. The zero-order chi connectivity index (χ0) is 14.6. The molecular weight excluding hydrogens is 250 g/mol. The van der Waals surface area contributed by atoms with Crippen LogP contribution in [0.1, 0.15) is 39.2 Å². The van der Waals surface area contributed by atoms with E-state index in [1.807, 2.05) is 24.3 Å². The van der Waals surface area contributed by atoms with Crippen molar-refractivity contribution < 1.29 is 4.74 Å². The number of nitrogens with two attached hydrogens (primary N) is 1. The fraction of sp³-hybridized carbons (Fsp3) is 0.562. The monoisotopic (exact) mass is 275 g/mol. The quantitative estimate of drug-likeness (QED) is 0.641. The van der Waals surface area contributed by atoms with Crippen LogP contribution < -0.4 is 15.8 Å². The molecule has 1 aliphatic carbocycles. The van der Waals surface area contributed by atoms with E-state index in [0.717, 1.165) is 23.8 Å². The van der Waals surface area contributed by atoms with Gasteiger partial charge in [0.15, 0.2) is 5.96 Å². The van der Waals surface area contributed by atoms with Gasteiger partial charge in [0.1, 0.15) is 5.75 Å². The van der Waals surface area contributed by atoms with Gasteiger partial charge in [-0.1, -0.05) is 18.2 Å². The van der Waals surface area contributed by atoms with Crippen LogP contribution in [-0.2, 0) is 6.54 Å². The van der Waals surface area contributed by atoms with Crippen molar-refractivity contribution in [3.05, 3.63) is 29.8 Å². The molecule has 0 radical (unpaired) electrons. The summed E-state index contributed by atoms with van der Waals surface area (Å²) >= 11 is 0. The maximum absolute atomic E-state index is 5.89. The fourth-order valence-electron chi connectivity index (χ4n) is 1.86. The molecule has 4 nitrogen and oxygen atoms in total. The standard InChI is InChI=1S/C16H25N3O/c1-16(2,3)19-15(17)18-10-13-6-4-5-7-14(13)20-11-12-8-9-12/h4-7,12H,8-11H2,1-3H3,(H3,17,18,19). The van der Waals surface area contributed by atoms with Crippen molar-refractivity contribution in [2.45, 2.75) is 45.7 Å². The van der Waals surface area contributed by atoms with Gasteiger partial charge >= 0.3 is 0 Å². The first-order valence-corrected chi connectivity index (χ1v) is 7.23. The molecule has 0 aromatic heterocycles. The molecule has 1 aromatic carbocycles. The highest BCUT2D eigenvalue weighted by Gasteiger charge is 2.22. The van der Waals surface area contributed by atoms with Crippen LogP contribution in [0.4, 0.5) is 0 Å². The van der Waals surface area contributed by atoms with Gasteiger partial charge in [-0.2, -0.15) is 0 Å². The molecule has 0 aliphatic heterocycles. The van der Waals surface area contributed by atoms with Crippen LogP contribution in [0, 0.1) is 5.92 Å². The van der Waals surface area contributed by atoms with Crippen molar-refractivity contribution in [3.63, 3.8) is 0 Å². The van der Waals surface area contributed by atoms with E-state index in [4.69, 9.17) is 10.5 Å². The zero-order valence-electron chi connectivity index (χ0n) is 12.6. The normalized spacial score (nSPS) is 16.1. The Bertz CT molecular complexity index is 473. The van der Waals surface area contributed by atoms with Crippen molar-refractivity contribution in [2.24, 2.45) is 16.6 Å². The number of hydrogen-bond acceptors (Lipinski definition) is 2. The molecule has 0 unspecified atom stereocenters. The Kier molecular flexibility index (Phi) is 4.53. The zero-order valence-corrected chi connectivity index (χ0v) is 12.6. The summed E-state index contributed by atoms with van der Waals surface area (Å²) in [6.07, 6.45) is 2.59. The highest BCUT2D eigenvalue weighted by atomic mass is 16.5. The van der Waals surface area contributed by atoms with E-state index >= 15 is 0 Å².